The van der Waals surface area contributed by atoms with Gasteiger partial charge >= 0.3 is 0 Å². The average Bonchev–Trinajstić information content (AvgIpc) is 2.87. The number of benzene rings is 1. The van der Waals surface area contributed by atoms with Crippen molar-refractivity contribution in [1.82, 2.24) is 4.98 Å². The molecule has 2 heterocycles. The van der Waals surface area contributed by atoms with Crippen molar-refractivity contribution in [2.24, 2.45) is 5.92 Å². The molecule has 0 spiro atoms. The molecule has 1 atom stereocenters. The smallest absolute Gasteiger partial charge is 0.294 e. The average molecular weight is 372 g/mol. The van der Waals surface area contributed by atoms with Crippen molar-refractivity contribution in [3.63, 3.8) is 0 Å². The zero-order valence-electron chi connectivity index (χ0n) is 14.8. The van der Waals surface area contributed by atoms with Gasteiger partial charge in [-0.1, -0.05) is 19.9 Å². The second-order valence-corrected chi connectivity index (χ2v) is 6.71. The van der Waals surface area contributed by atoms with Crippen LogP contribution in [0.25, 0.3) is 0 Å². The molecule has 2 aromatic rings. The molecule has 1 unspecified atom stereocenters. The molecule has 1 N–H and O–H groups in total. The largest absolute Gasteiger partial charge is 0.503 e. The Morgan fingerprint density at radius 3 is 2.59 bits per heavy atom. The summed E-state index contributed by atoms with van der Waals surface area (Å²) in [5, 5.41) is 10.4. The Morgan fingerprint density at radius 2 is 2.00 bits per heavy atom. The molecule has 7 heteroatoms. The number of rotatable bonds is 5. The lowest BCUT2D eigenvalue weighted by Gasteiger charge is -2.26. The molecule has 1 aromatic carbocycles. The lowest BCUT2D eigenvalue weighted by Crippen LogP contribution is -2.32. The molecule has 3 rings (SSSR count). The number of hydrogen-bond acceptors (Lipinski definition) is 4. The van der Waals surface area contributed by atoms with Gasteiger partial charge in [0, 0.05) is 18.7 Å². The van der Waals surface area contributed by atoms with Crippen LogP contribution < -0.4 is 4.90 Å². The normalized spacial score (nSPS) is 17.1. The van der Waals surface area contributed by atoms with Gasteiger partial charge in [0.1, 0.15) is 17.7 Å². The number of Topliss-reactive ketones (excluding diaryl/α,β-unsaturated/α-hetero) is 1. The molecule has 140 valence electrons. The van der Waals surface area contributed by atoms with Crippen LogP contribution in [0.1, 0.15) is 32.0 Å². The topological polar surface area (TPSA) is 70.5 Å². The number of nitrogens with zero attached hydrogens (tertiary/aromatic N) is 2. The molecule has 1 amide bonds. The van der Waals surface area contributed by atoms with E-state index in [1.807, 2.05) is 13.8 Å². The van der Waals surface area contributed by atoms with Crippen LogP contribution in [-0.4, -0.2) is 21.8 Å². The lowest BCUT2D eigenvalue weighted by molar-refractivity contribution is -0.118. The Balaban J connectivity index is 2.16. The first-order chi connectivity index (χ1) is 12.8. The zero-order valence-corrected chi connectivity index (χ0v) is 14.8. The van der Waals surface area contributed by atoms with E-state index in [1.165, 1.54) is 6.20 Å². The van der Waals surface area contributed by atoms with Gasteiger partial charge in [-0.15, -0.1) is 0 Å². The number of aliphatic hydroxyl groups excluding tert-OH is 1. The quantitative estimate of drug-likeness (QED) is 0.865. The first kappa shape index (κ1) is 18.7. The van der Waals surface area contributed by atoms with E-state index in [2.05, 4.69) is 4.98 Å². The van der Waals surface area contributed by atoms with E-state index in [0.29, 0.717) is 11.8 Å². The number of amides is 1. The fourth-order valence-corrected chi connectivity index (χ4v) is 3.11. The zero-order chi connectivity index (χ0) is 19.7. The molecule has 5 nitrogen and oxygen atoms in total. The van der Waals surface area contributed by atoms with Gasteiger partial charge in [-0.3, -0.25) is 19.5 Å². The van der Waals surface area contributed by atoms with E-state index in [9.17, 15) is 23.5 Å². The van der Waals surface area contributed by atoms with E-state index < -0.39 is 35.1 Å². The summed E-state index contributed by atoms with van der Waals surface area (Å²) in [4.78, 5) is 30.6. The maximum absolute atomic E-state index is 14.4. The number of anilines is 1. The minimum absolute atomic E-state index is 0.00566. The fourth-order valence-electron chi connectivity index (χ4n) is 3.11. The number of aliphatic hydroxyl groups is 1. The summed E-state index contributed by atoms with van der Waals surface area (Å²) in [6, 6.07) is 6.54. The van der Waals surface area contributed by atoms with Gasteiger partial charge in [-0.2, -0.15) is 0 Å². The standard InChI is InChI=1S/C20H18F2N2O3/c1-11(2)9-16(25)17-18(14-5-3-4-8-23-14)24(20(27)19(17)26)15-7-6-12(21)10-13(15)22/h3-8,10-11,18,26H,9H2,1-2H3. The first-order valence-electron chi connectivity index (χ1n) is 8.47. The number of carbonyl (C=O) groups is 2. The molecule has 1 aliphatic rings. The molecule has 0 radical (unpaired) electrons. The fraction of sp³-hybridized carbons (Fsp3) is 0.250. The summed E-state index contributed by atoms with van der Waals surface area (Å²) in [6.45, 7) is 3.67. The van der Waals surface area contributed by atoms with Crippen molar-refractivity contribution in [2.75, 3.05) is 4.90 Å². The molecule has 1 aliphatic heterocycles. The number of aromatic nitrogens is 1. The number of hydrogen-bond donors (Lipinski definition) is 1. The van der Waals surface area contributed by atoms with Crippen molar-refractivity contribution >= 4 is 17.4 Å². The van der Waals surface area contributed by atoms with Gasteiger partial charge < -0.3 is 5.11 Å². The van der Waals surface area contributed by atoms with Gasteiger partial charge in [0.15, 0.2) is 11.5 Å². The Labute approximate surface area is 155 Å². The minimum atomic E-state index is -1.09. The number of ketones is 1. The predicted molar refractivity (Wildman–Crippen MR) is 94.9 cm³/mol. The SMILES string of the molecule is CC(C)CC(=O)C1=C(O)C(=O)N(c2ccc(F)cc2F)C1c1ccccn1. The predicted octanol–water partition coefficient (Wildman–Crippen LogP) is 3.88. The number of halogens is 2. The van der Waals surface area contributed by atoms with Crippen LogP contribution >= 0.6 is 0 Å². The first-order valence-corrected chi connectivity index (χ1v) is 8.47. The molecule has 0 aliphatic carbocycles. The molecule has 0 saturated heterocycles. The monoisotopic (exact) mass is 372 g/mol. The number of carbonyl (C=O) groups excluding carboxylic acids is 2. The van der Waals surface area contributed by atoms with E-state index >= 15 is 0 Å². The second-order valence-electron chi connectivity index (χ2n) is 6.71. The van der Waals surface area contributed by atoms with Gasteiger partial charge in [0.25, 0.3) is 5.91 Å². The van der Waals surface area contributed by atoms with Crippen LogP contribution in [0.5, 0.6) is 0 Å². The molecule has 27 heavy (non-hydrogen) atoms. The Bertz CT molecular complexity index is 926. The van der Waals surface area contributed by atoms with Crippen molar-refractivity contribution < 1.29 is 23.5 Å². The number of pyridine rings is 1. The lowest BCUT2D eigenvalue weighted by atomic mass is 9.94. The molecule has 0 saturated carbocycles. The van der Waals surface area contributed by atoms with Crippen molar-refractivity contribution in [2.45, 2.75) is 26.3 Å². The highest BCUT2D eigenvalue weighted by Gasteiger charge is 2.45. The Morgan fingerprint density at radius 1 is 1.26 bits per heavy atom. The minimum Gasteiger partial charge on any atom is -0.503 e. The van der Waals surface area contributed by atoms with Crippen LogP contribution in [0.15, 0.2) is 53.9 Å². The van der Waals surface area contributed by atoms with E-state index in [0.717, 1.165) is 17.0 Å². The van der Waals surface area contributed by atoms with E-state index in [4.69, 9.17) is 0 Å². The molecule has 0 bridgehead atoms. The van der Waals surface area contributed by atoms with E-state index in [-0.39, 0.29) is 23.6 Å². The molecular weight excluding hydrogens is 354 g/mol. The maximum Gasteiger partial charge on any atom is 0.294 e. The summed E-state index contributed by atoms with van der Waals surface area (Å²) in [6.07, 6.45) is 1.58. The van der Waals surface area contributed by atoms with Crippen molar-refractivity contribution in [3.05, 3.63) is 71.3 Å². The highest BCUT2D eigenvalue weighted by atomic mass is 19.1. The van der Waals surface area contributed by atoms with Gasteiger partial charge in [-0.25, -0.2) is 8.78 Å². The van der Waals surface area contributed by atoms with Crippen LogP contribution in [0.2, 0.25) is 0 Å². The summed E-state index contributed by atoms with van der Waals surface area (Å²) < 4.78 is 27.7. The van der Waals surface area contributed by atoms with Crippen molar-refractivity contribution in [1.29, 1.82) is 0 Å². The summed E-state index contributed by atoms with van der Waals surface area (Å²) in [5.74, 6) is -3.87. The third-order valence-electron chi connectivity index (χ3n) is 4.24. The second kappa shape index (κ2) is 7.26. The highest BCUT2D eigenvalue weighted by molar-refractivity contribution is 6.16. The Kier molecular flexibility index (Phi) is 5.03. The van der Waals surface area contributed by atoms with E-state index in [1.54, 1.807) is 18.2 Å². The van der Waals surface area contributed by atoms with Crippen LogP contribution in [0, 0.1) is 17.6 Å². The Hall–Kier alpha value is -3.09. The van der Waals surface area contributed by atoms with Crippen LogP contribution in [0.3, 0.4) is 0 Å². The third kappa shape index (κ3) is 3.45. The molecular formula is C20H18F2N2O3. The van der Waals surface area contributed by atoms with Gasteiger partial charge in [0.05, 0.1) is 17.0 Å². The summed E-state index contributed by atoms with van der Waals surface area (Å²) in [7, 11) is 0. The molecule has 0 fully saturated rings. The highest BCUT2D eigenvalue weighted by Crippen LogP contribution is 2.41. The van der Waals surface area contributed by atoms with Gasteiger partial charge in [0.2, 0.25) is 0 Å². The van der Waals surface area contributed by atoms with Gasteiger partial charge in [-0.05, 0) is 30.2 Å². The summed E-state index contributed by atoms with van der Waals surface area (Å²) in [5.41, 5.74) is -0.0715. The molecule has 1 aromatic heterocycles. The van der Waals surface area contributed by atoms with Crippen LogP contribution in [-0.2, 0) is 9.59 Å². The van der Waals surface area contributed by atoms with Crippen LogP contribution in [0.4, 0.5) is 14.5 Å². The maximum atomic E-state index is 14.4. The summed E-state index contributed by atoms with van der Waals surface area (Å²) >= 11 is 0. The van der Waals surface area contributed by atoms with Crippen molar-refractivity contribution in [3.8, 4) is 0 Å². The third-order valence-corrected chi connectivity index (χ3v) is 4.24.